The van der Waals surface area contributed by atoms with E-state index in [1.807, 2.05) is 23.0 Å². The van der Waals surface area contributed by atoms with Crippen molar-refractivity contribution in [2.45, 2.75) is 44.6 Å². The summed E-state index contributed by atoms with van der Waals surface area (Å²) < 4.78 is 2.84. The molecule has 7 heteroatoms. The second-order valence-electron chi connectivity index (χ2n) is 8.31. The summed E-state index contributed by atoms with van der Waals surface area (Å²) in [6, 6.07) is 6.27. The van der Waals surface area contributed by atoms with E-state index in [1.54, 1.807) is 6.20 Å². The Kier molecular flexibility index (Phi) is 5.50. The first-order chi connectivity index (χ1) is 14.3. The third-order valence-corrected chi connectivity index (χ3v) is 6.93. The Morgan fingerprint density at radius 1 is 1.14 bits per heavy atom. The minimum atomic E-state index is 0.529. The Balaban J connectivity index is 1.43. The first kappa shape index (κ1) is 19.0. The third-order valence-electron chi connectivity index (χ3n) is 6.38. The van der Waals surface area contributed by atoms with E-state index in [0.717, 1.165) is 21.5 Å². The maximum absolute atomic E-state index is 5.04. The SMILES string of the molecule is Brc1cnn2c(NCc3cccnc3)cc(C3CCC[C@@H]3CN3CCCC3)nc12. The summed E-state index contributed by atoms with van der Waals surface area (Å²) in [5.74, 6) is 2.23. The quantitative estimate of drug-likeness (QED) is 0.594. The second kappa shape index (κ2) is 8.40. The van der Waals surface area contributed by atoms with Crippen molar-refractivity contribution in [1.82, 2.24) is 24.5 Å². The molecule has 1 unspecified atom stereocenters. The second-order valence-corrected chi connectivity index (χ2v) is 9.17. The Labute approximate surface area is 179 Å². The molecule has 5 rings (SSSR count). The molecule has 2 fully saturated rings. The molecule has 1 saturated heterocycles. The van der Waals surface area contributed by atoms with Crippen LogP contribution in [0.3, 0.4) is 0 Å². The fraction of sp³-hybridized carbons (Fsp3) is 0.500. The fourth-order valence-corrected chi connectivity index (χ4v) is 5.26. The van der Waals surface area contributed by atoms with Gasteiger partial charge in [-0.2, -0.15) is 9.61 Å². The maximum Gasteiger partial charge on any atom is 0.171 e. The van der Waals surface area contributed by atoms with E-state index in [9.17, 15) is 0 Å². The highest BCUT2D eigenvalue weighted by Crippen LogP contribution is 2.41. The number of rotatable bonds is 6. The van der Waals surface area contributed by atoms with E-state index in [1.165, 1.54) is 57.4 Å². The van der Waals surface area contributed by atoms with Crippen LogP contribution in [-0.2, 0) is 6.54 Å². The Hall–Kier alpha value is -1.99. The topological polar surface area (TPSA) is 58.4 Å². The maximum atomic E-state index is 5.04. The van der Waals surface area contributed by atoms with Crippen LogP contribution in [0.1, 0.15) is 49.3 Å². The number of fused-ring (bicyclic) bond motifs is 1. The monoisotopic (exact) mass is 454 g/mol. The van der Waals surface area contributed by atoms with Crippen molar-refractivity contribution in [2.75, 3.05) is 25.0 Å². The van der Waals surface area contributed by atoms with Crippen molar-refractivity contribution in [3.8, 4) is 0 Å². The molecule has 152 valence electrons. The highest BCUT2D eigenvalue weighted by molar-refractivity contribution is 9.10. The largest absolute Gasteiger partial charge is 0.366 e. The molecule has 1 N–H and O–H groups in total. The predicted molar refractivity (Wildman–Crippen MR) is 118 cm³/mol. The molecular formula is C22H27BrN6. The zero-order valence-corrected chi connectivity index (χ0v) is 18.2. The number of hydrogen-bond donors (Lipinski definition) is 1. The van der Waals surface area contributed by atoms with E-state index in [4.69, 9.17) is 4.98 Å². The smallest absolute Gasteiger partial charge is 0.171 e. The van der Waals surface area contributed by atoms with Gasteiger partial charge in [-0.3, -0.25) is 4.98 Å². The summed E-state index contributed by atoms with van der Waals surface area (Å²) >= 11 is 3.63. The van der Waals surface area contributed by atoms with Crippen LogP contribution < -0.4 is 5.32 Å². The van der Waals surface area contributed by atoms with Crippen molar-refractivity contribution in [1.29, 1.82) is 0 Å². The molecule has 29 heavy (non-hydrogen) atoms. The van der Waals surface area contributed by atoms with Crippen LogP contribution >= 0.6 is 15.9 Å². The standard InChI is InChI=1S/C22H27BrN6/c23-19-14-26-29-21(25-13-16-5-4-8-24-12-16)11-20(27-22(19)29)18-7-3-6-17(18)15-28-9-1-2-10-28/h4-5,8,11-12,14,17-18,25H,1-3,6-7,9-10,13,15H2/t17-,18?/m1/s1. The number of nitrogens with zero attached hydrogens (tertiary/aromatic N) is 5. The summed E-state index contributed by atoms with van der Waals surface area (Å²) in [5.41, 5.74) is 3.25. The number of aromatic nitrogens is 4. The molecule has 0 amide bonds. The molecule has 1 aliphatic heterocycles. The van der Waals surface area contributed by atoms with Gasteiger partial charge >= 0.3 is 0 Å². The van der Waals surface area contributed by atoms with Crippen molar-refractivity contribution in [3.63, 3.8) is 0 Å². The van der Waals surface area contributed by atoms with Gasteiger partial charge in [0.25, 0.3) is 0 Å². The zero-order chi connectivity index (χ0) is 19.6. The predicted octanol–water partition coefficient (Wildman–Crippen LogP) is 4.48. The van der Waals surface area contributed by atoms with Gasteiger partial charge in [0.15, 0.2) is 5.65 Å². The van der Waals surface area contributed by atoms with Crippen LogP contribution in [0.4, 0.5) is 5.82 Å². The Bertz CT molecular complexity index is 966. The molecule has 6 nitrogen and oxygen atoms in total. The summed E-state index contributed by atoms with van der Waals surface area (Å²) in [6.07, 6.45) is 12.1. The van der Waals surface area contributed by atoms with Crippen molar-refractivity contribution in [2.24, 2.45) is 5.92 Å². The molecule has 0 bridgehead atoms. The normalized spacial score (nSPS) is 22.5. The van der Waals surface area contributed by atoms with Crippen molar-refractivity contribution >= 4 is 27.4 Å². The van der Waals surface area contributed by atoms with Gasteiger partial charge in [-0.05, 0) is 72.3 Å². The summed E-state index contributed by atoms with van der Waals surface area (Å²) in [4.78, 5) is 11.9. The van der Waals surface area contributed by atoms with Crippen LogP contribution in [0.15, 0.2) is 41.3 Å². The van der Waals surface area contributed by atoms with Gasteiger partial charge in [-0.1, -0.05) is 12.5 Å². The lowest BCUT2D eigenvalue weighted by atomic mass is 9.92. The van der Waals surface area contributed by atoms with Gasteiger partial charge in [0.2, 0.25) is 0 Å². The van der Waals surface area contributed by atoms with E-state index >= 15 is 0 Å². The van der Waals surface area contributed by atoms with Crippen LogP contribution in [0.5, 0.6) is 0 Å². The molecule has 3 aromatic heterocycles. The van der Waals surface area contributed by atoms with Crippen LogP contribution in [0.2, 0.25) is 0 Å². The molecule has 0 radical (unpaired) electrons. The first-order valence-electron chi connectivity index (χ1n) is 10.7. The van der Waals surface area contributed by atoms with Gasteiger partial charge in [0, 0.05) is 37.5 Å². The molecule has 0 spiro atoms. The van der Waals surface area contributed by atoms with E-state index < -0.39 is 0 Å². The van der Waals surface area contributed by atoms with Crippen LogP contribution in [0.25, 0.3) is 5.65 Å². The number of hydrogen-bond acceptors (Lipinski definition) is 5. The lowest BCUT2D eigenvalue weighted by Gasteiger charge is -2.25. The molecule has 3 aromatic rings. The van der Waals surface area contributed by atoms with Gasteiger partial charge in [0.05, 0.1) is 16.4 Å². The van der Waals surface area contributed by atoms with Crippen molar-refractivity contribution in [3.05, 3.63) is 52.5 Å². The summed E-state index contributed by atoms with van der Waals surface area (Å²) in [7, 11) is 0. The highest BCUT2D eigenvalue weighted by Gasteiger charge is 2.32. The third kappa shape index (κ3) is 4.03. The molecule has 2 atom stereocenters. The minimum Gasteiger partial charge on any atom is -0.366 e. The average molecular weight is 455 g/mol. The molecule has 0 aromatic carbocycles. The summed E-state index contributed by atoms with van der Waals surface area (Å²) in [5, 5.41) is 8.08. The molecule has 1 saturated carbocycles. The number of nitrogens with one attached hydrogen (secondary N) is 1. The minimum absolute atomic E-state index is 0.529. The lowest BCUT2D eigenvalue weighted by molar-refractivity contribution is 0.265. The lowest BCUT2D eigenvalue weighted by Crippen LogP contribution is -2.28. The van der Waals surface area contributed by atoms with Crippen molar-refractivity contribution < 1.29 is 0 Å². The highest BCUT2D eigenvalue weighted by atomic mass is 79.9. The Morgan fingerprint density at radius 3 is 2.86 bits per heavy atom. The molecule has 1 aliphatic carbocycles. The van der Waals surface area contributed by atoms with E-state index in [-0.39, 0.29) is 0 Å². The molecular weight excluding hydrogens is 428 g/mol. The van der Waals surface area contributed by atoms with Crippen LogP contribution in [-0.4, -0.2) is 44.1 Å². The first-order valence-corrected chi connectivity index (χ1v) is 11.5. The van der Waals surface area contributed by atoms with Gasteiger partial charge in [-0.25, -0.2) is 4.98 Å². The number of likely N-dealkylation sites (tertiary alicyclic amines) is 1. The number of halogens is 1. The average Bonchev–Trinajstić information content (AvgIpc) is 3.50. The number of pyridine rings is 1. The number of anilines is 1. The fourth-order valence-electron chi connectivity index (χ4n) is 4.91. The van der Waals surface area contributed by atoms with E-state index in [0.29, 0.717) is 18.4 Å². The van der Waals surface area contributed by atoms with Crippen LogP contribution in [0, 0.1) is 5.92 Å². The van der Waals surface area contributed by atoms with Gasteiger partial charge < -0.3 is 10.2 Å². The molecule has 4 heterocycles. The van der Waals surface area contributed by atoms with E-state index in [2.05, 4.69) is 48.4 Å². The Morgan fingerprint density at radius 2 is 2.03 bits per heavy atom. The van der Waals surface area contributed by atoms with Gasteiger partial charge in [0.1, 0.15) is 5.82 Å². The zero-order valence-electron chi connectivity index (χ0n) is 16.6. The molecule has 2 aliphatic rings. The summed E-state index contributed by atoms with van der Waals surface area (Å²) in [6.45, 7) is 4.46. The van der Waals surface area contributed by atoms with Gasteiger partial charge in [-0.15, -0.1) is 0 Å².